The second-order valence-corrected chi connectivity index (χ2v) is 6.24. The molecule has 21 heavy (non-hydrogen) atoms. The Hall–Kier alpha value is -1.63. The first-order valence-electron chi connectivity index (χ1n) is 7.71. The molecule has 116 valence electrons. The lowest BCUT2D eigenvalue weighted by molar-refractivity contribution is -0.388. The molecule has 3 rings (SSSR count). The zero-order chi connectivity index (χ0) is 15.0. The minimum absolute atomic E-state index is 0.00171. The summed E-state index contributed by atoms with van der Waals surface area (Å²) in [6.07, 6.45) is 5.86. The lowest BCUT2D eigenvalue weighted by Gasteiger charge is -2.50. The summed E-state index contributed by atoms with van der Waals surface area (Å²) in [6, 6.07) is 0. The topological polar surface area (TPSA) is 76.2 Å². The molecule has 7 nitrogen and oxygen atoms in total. The molecule has 1 N–H and O–H groups in total. The second kappa shape index (κ2) is 5.29. The maximum atomic E-state index is 11.4. The van der Waals surface area contributed by atoms with Gasteiger partial charge in [-0.05, 0) is 22.7 Å². The van der Waals surface area contributed by atoms with E-state index in [1.165, 1.54) is 19.3 Å². The second-order valence-electron chi connectivity index (χ2n) is 6.24. The van der Waals surface area contributed by atoms with E-state index in [-0.39, 0.29) is 16.3 Å². The Morgan fingerprint density at radius 3 is 2.71 bits per heavy atom. The van der Waals surface area contributed by atoms with Crippen LogP contribution in [0.4, 0.5) is 11.6 Å². The zero-order valence-electron chi connectivity index (χ0n) is 12.8. The fraction of sp³-hybridized carbons (Fsp3) is 0.786. The van der Waals surface area contributed by atoms with Crippen molar-refractivity contribution in [3.63, 3.8) is 0 Å². The predicted octanol–water partition coefficient (Wildman–Crippen LogP) is 1.75. The number of hydrogen-bond acceptors (Lipinski definition) is 5. The van der Waals surface area contributed by atoms with Gasteiger partial charge >= 0.3 is 5.82 Å². The van der Waals surface area contributed by atoms with Gasteiger partial charge in [-0.25, -0.2) is 0 Å². The summed E-state index contributed by atoms with van der Waals surface area (Å²) in [5.74, 6) is 1.38. The summed E-state index contributed by atoms with van der Waals surface area (Å²) >= 11 is 0. The molecule has 0 aromatic carbocycles. The Kier molecular flexibility index (Phi) is 3.61. The molecule has 2 heterocycles. The summed E-state index contributed by atoms with van der Waals surface area (Å²) in [6.45, 7) is 4.41. The van der Waals surface area contributed by atoms with Crippen LogP contribution in [-0.2, 0) is 7.05 Å². The predicted molar refractivity (Wildman–Crippen MR) is 80.6 cm³/mol. The largest absolute Gasteiger partial charge is 0.406 e. The molecule has 1 saturated carbocycles. The number of rotatable bonds is 2. The van der Waals surface area contributed by atoms with Crippen molar-refractivity contribution in [3.05, 3.63) is 15.9 Å². The average Bonchev–Trinajstić information content (AvgIpc) is 2.77. The molecule has 1 aliphatic carbocycles. The van der Waals surface area contributed by atoms with Gasteiger partial charge in [0.25, 0.3) is 0 Å². The fourth-order valence-corrected chi connectivity index (χ4v) is 3.84. The molecule has 1 spiro atoms. The summed E-state index contributed by atoms with van der Waals surface area (Å²) in [4.78, 5) is 17.5. The minimum Gasteiger partial charge on any atom is -0.358 e. The van der Waals surface area contributed by atoms with Crippen molar-refractivity contribution in [1.29, 1.82) is 0 Å². The van der Waals surface area contributed by atoms with Gasteiger partial charge in [0.15, 0.2) is 0 Å². The lowest BCUT2D eigenvalue weighted by atomic mass is 9.79. The highest BCUT2D eigenvalue weighted by Crippen LogP contribution is 2.40. The third-order valence-corrected chi connectivity index (χ3v) is 5.02. The lowest BCUT2D eigenvalue weighted by Crippen LogP contribution is -2.62. The van der Waals surface area contributed by atoms with E-state index in [1.54, 1.807) is 0 Å². The van der Waals surface area contributed by atoms with Crippen LogP contribution in [0, 0.1) is 17.0 Å². The Morgan fingerprint density at radius 1 is 1.33 bits per heavy atom. The van der Waals surface area contributed by atoms with E-state index in [4.69, 9.17) is 0 Å². The highest BCUT2D eigenvalue weighted by atomic mass is 16.6. The third kappa shape index (κ3) is 2.29. The Morgan fingerprint density at radius 2 is 2.05 bits per heavy atom. The number of imidazole rings is 1. The fourth-order valence-electron chi connectivity index (χ4n) is 3.84. The number of nitrogens with zero attached hydrogens (tertiary/aromatic N) is 4. The maximum Gasteiger partial charge on any atom is 0.406 e. The molecule has 1 aliphatic heterocycles. The van der Waals surface area contributed by atoms with Crippen LogP contribution in [-0.4, -0.2) is 39.6 Å². The van der Waals surface area contributed by atoms with Gasteiger partial charge in [0.1, 0.15) is 0 Å². The van der Waals surface area contributed by atoms with Crippen molar-refractivity contribution >= 4 is 11.6 Å². The van der Waals surface area contributed by atoms with Crippen LogP contribution >= 0.6 is 0 Å². The molecule has 1 saturated heterocycles. The van der Waals surface area contributed by atoms with Gasteiger partial charge in [0.05, 0.1) is 5.54 Å². The third-order valence-electron chi connectivity index (χ3n) is 5.02. The van der Waals surface area contributed by atoms with Crippen LogP contribution in [0.5, 0.6) is 0 Å². The zero-order valence-corrected chi connectivity index (χ0v) is 12.8. The number of anilines is 1. The number of hydrogen-bond donors (Lipinski definition) is 1. The number of nitrogens with one attached hydrogen (secondary N) is 1. The van der Waals surface area contributed by atoms with E-state index in [0.29, 0.717) is 11.6 Å². The maximum absolute atomic E-state index is 11.4. The van der Waals surface area contributed by atoms with Crippen LogP contribution in [0.2, 0.25) is 0 Å². The molecule has 7 heteroatoms. The van der Waals surface area contributed by atoms with Crippen LogP contribution in [0.3, 0.4) is 0 Å². The van der Waals surface area contributed by atoms with Crippen molar-refractivity contribution in [3.8, 4) is 0 Å². The van der Waals surface area contributed by atoms with E-state index < -0.39 is 0 Å². The molecule has 0 radical (unpaired) electrons. The molecule has 2 fully saturated rings. The van der Waals surface area contributed by atoms with E-state index in [1.807, 2.05) is 18.5 Å². The molecule has 0 unspecified atom stereocenters. The number of aromatic nitrogens is 2. The summed E-state index contributed by atoms with van der Waals surface area (Å²) < 4.78 is 1.87. The Labute approximate surface area is 124 Å². The number of aryl methyl sites for hydroxylation is 1. The van der Waals surface area contributed by atoms with Crippen LogP contribution in [0.1, 0.15) is 37.9 Å². The summed E-state index contributed by atoms with van der Waals surface area (Å²) in [5, 5.41) is 14.9. The summed E-state index contributed by atoms with van der Waals surface area (Å²) in [5.41, 5.74) is 0.0154. The molecular formula is C14H23N5O2. The molecule has 1 aromatic heterocycles. The van der Waals surface area contributed by atoms with Gasteiger partial charge < -0.3 is 20.3 Å². The number of piperazine rings is 1. The molecule has 1 aromatic rings. The minimum atomic E-state index is -0.346. The first kappa shape index (κ1) is 14.3. The van der Waals surface area contributed by atoms with Gasteiger partial charge in [-0.15, -0.1) is 0 Å². The van der Waals surface area contributed by atoms with E-state index in [0.717, 1.165) is 32.5 Å². The molecule has 0 atom stereocenters. The smallest absolute Gasteiger partial charge is 0.358 e. The highest BCUT2D eigenvalue weighted by molar-refractivity contribution is 5.58. The van der Waals surface area contributed by atoms with E-state index in [9.17, 15) is 10.1 Å². The van der Waals surface area contributed by atoms with Gasteiger partial charge in [0.2, 0.25) is 11.6 Å². The summed E-state index contributed by atoms with van der Waals surface area (Å²) in [7, 11) is 1.88. The van der Waals surface area contributed by atoms with Gasteiger partial charge in [-0.2, -0.15) is 0 Å². The van der Waals surface area contributed by atoms with Crippen LogP contribution in [0.15, 0.2) is 0 Å². The van der Waals surface area contributed by atoms with Gasteiger partial charge in [-0.3, -0.25) is 4.57 Å². The van der Waals surface area contributed by atoms with Gasteiger partial charge in [-0.1, -0.05) is 19.3 Å². The van der Waals surface area contributed by atoms with Crippen molar-refractivity contribution < 1.29 is 4.92 Å². The molecular weight excluding hydrogens is 270 g/mol. The van der Waals surface area contributed by atoms with Crippen molar-refractivity contribution in [2.24, 2.45) is 7.05 Å². The van der Waals surface area contributed by atoms with Crippen molar-refractivity contribution in [1.82, 2.24) is 14.9 Å². The van der Waals surface area contributed by atoms with Crippen molar-refractivity contribution in [2.75, 3.05) is 24.5 Å². The quantitative estimate of drug-likeness (QED) is 0.664. The Bertz CT molecular complexity index is 540. The SMILES string of the molecule is Cc1nc([N+](=O)[O-])c(N2CCNCC23CCCCC3)n1C. The normalized spacial score (nSPS) is 21.7. The first-order chi connectivity index (χ1) is 10.1. The van der Waals surface area contributed by atoms with Crippen LogP contribution < -0.4 is 10.2 Å². The van der Waals surface area contributed by atoms with E-state index in [2.05, 4.69) is 15.2 Å². The molecule has 0 bridgehead atoms. The van der Waals surface area contributed by atoms with Crippen LogP contribution in [0.25, 0.3) is 0 Å². The molecule has 2 aliphatic rings. The van der Waals surface area contributed by atoms with Crippen molar-refractivity contribution in [2.45, 2.75) is 44.6 Å². The molecule has 0 amide bonds. The average molecular weight is 293 g/mol. The number of nitro groups is 1. The monoisotopic (exact) mass is 293 g/mol. The standard InChI is InChI=1S/C14H23N5O2/c1-11-16-12(19(20)21)13(17(11)2)18-9-8-15-10-14(18)6-4-3-5-7-14/h15H,3-10H2,1-2H3. The van der Waals surface area contributed by atoms with E-state index >= 15 is 0 Å². The Balaban J connectivity index is 2.06. The first-order valence-corrected chi connectivity index (χ1v) is 7.71. The highest BCUT2D eigenvalue weighted by Gasteiger charge is 2.44. The van der Waals surface area contributed by atoms with Gasteiger partial charge in [0, 0.05) is 33.6 Å².